The van der Waals surface area contributed by atoms with Crippen LogP contribution in [0, 0.1) is 12.8 Å². The van der Waals surface area contributed by atoms with Gasteiger partial charge in [-0.25, -0.2) is 0 Å². The predicted octanol–water partition coefficient (Wildman–Crippen LogP) is 4.06. The molecule has 2 fully saturated rings. The Bertz CT molecular complexity index is 1480. The molecule has 1 N–H and O–H groups in total. The van der Waals surface area contributed by atoms with Crippen LogP contribution in [0.2, 0.25) is 0 Å². The second kappa shape index (κ2) is 7.85. The van der Waals surface area contributed by atoms with Crippen LogP contribution in [0.4, 0.5) is 5.69 Å². The molecule has 0 unspecified atom stereocenters. The van der Waals surface area contributed by atoms with E-state index in [2.05, 4.69) is 32.9 Å². The predicted molar refractivity (Wildman–Crippen MR) is 133 cm³/mol. The van der Waals surface area contributed by atoms with Crippen LogP contribution in [0.5, 0.6) is 5.75 Å². The van der Waals surface area contributed by atoms with Crippen LogP contribution in [0.15, 0.2) is 72.0 Å². The largest absolute Gasteiger partial charge is 0.377 e. The topological polar surface area (TPSA) is 78.5 Å². The number of benzene rings is 2. The molecule has 2 aromatic heterocycles. The van der Waals surface area contributed by atoms with E-state index in [4.69, 9.17) is 4.18 Å². The summed E-state index contributed by atoms with van der Waals surface area (Å²) in [6, 6.07) is 15.3. The van der Waals surface area contributed by atoms with Crippen LogP contribution >= 0.6 is 0 Å². The van der Waals surface area contributed by atoms with Gasteiger partial charge in [0.2, 0.25) is 0 Å². The molecule has 6 rings (SSSR count). The van der Waals surface area contributed by atoms with Crippen LogP contribution in [-0.2, 0) is 10.1 Å². The van der Waals surface area contributed by atoms with Crippen LogP contribution in [0.1, 0.15) is 5.56 Å². The monoisotopic (exact) mass is 474 g/mol. The smallest absolute Gasteiger partial charge is 0.339 e. The fourth-order valence-electron chi connectivity index (χ4n) is 5.10. The van der Waals surface area contributed by atoms with E-state index < -0.39 is 10.1 Å². The van der Waals surface area contributed by atoms with Crippen molar-refractivity contribution in [2.75, 3.05) is 31.6 Å². The highest BCUT2D eigenvalue weighted by Gasteiger charge is 2.44. The van der Waals surface area contributed by atoms with Crippen molar-refractivity contribution in [1.29, 1.82) is 0 Å². The van der Waals surface area contributed by atoms with Crippen molar-refractivity contribution >= 4 is 26.7 Å². The zero-order chi connectivity index (χ0) is 23.4. The van der Waals surface area contributed by atoms with Crippen LogP contribution in [0.25, 0.3) is 22.0 Å². The van der Waals surface area contributed by atoms with E-state index in [1.807, 2.05) is 37.5 Å². The zero-order valence-electron chi connectivity index (χ0n) is 19.1. The van der Waals surface area contributed by atoms with Gasteiger partial charge in [0.1, 0.15) is 4.90 Å². The summed E-state index contributed by atoms with van der Waals surface area (Å²) in [5, 5.41) is 0.708. The van der Waals surface area contributed by atoms with Gasteiger partial charge in [-0.15, -0.1) is 0 Å². The molecular weight excluding hydrogens is 448 g/mol. The summed E-state index contributed by atoms with van der Waals surface area (Å²) in [5.74, 6) is 1.01. The van der Waals surface area contributed by atoms with E-state index in [9.17, 15) is 8.42 Å². The first-order valence-corrected chi connectivity index (χ1v) is 12.8. The number of rotatable bonds is 5. The summed E-state index contributed by atoms with van der Waals surface area (Å²) in [7, 11) is -1.76. The number of anilines is 1. The molecule has 2 aliphatic heterocycles. The van der Waals surface area contributed by atoms with Crippen molar-refractivity contribution in [3.63, 3.8) is 0 Å². The number of nitrogens with zero attached hydrogens (tertiary/aromatic N) is 3. The Balaban J connectivity index is 1.30. The molecule has 7 nitrogen and oxygen atoms in total. The molecule has 0 saturated carbocycles. The summed E-state index contributed by atoms with van der Waals surface area (Å²) in [5.41, 5.74) is 4.87. The van der Waals surface area contributed by atoms with Gasteiger partial charge in [0.15, 0.2) is 5.75 Å². The summed E-state index contributed by atoms with van der Waals surface area (Å²) in [4.78, 5) is 12.6. The van der Waals surface area contributed by atoms with Gasteiger partial charge >= 0.3 is 10.1 Å². The number of fused-ring (bicyclic) bond motifs is 2. The Labute approximate surface area is 199 Å². The van der Waals surface area contributed by atoms with Gasteiger partial charge in [-0.1, -0.05) is 23.8 Å². The highest BCUT2D eigenvalue weighted by Crippen LogP contribution is 2.38. The highest BCUT2D eigenvalue weighted by atomic mass is 32.2. The zero-order valence-corrected chi connectivity index (χ0v) is 19.9. The first-order chi connectivity index (χ1) is 16.4. The lowest BCUT2D eigenvalue weighted by Gasteiger charge is -2.45. The minimum Gasteiger partial charge on any atom is -0.377 e. The van der Waals surface area contributed by atoms with Crippen LogP contribution < -0.4 is 9.08 Å². The lowest BCUT2D eigenvalue weighted by Crippen LogP contribution is -2.55. The minimum atomic E-state index is -3.94. The second-order valence-electron chi connectivity index (χ2n) is 9.40. The maximum atomic E-state index is 12.8. The first-order valence-electron chi connectivity index (χ1n) is 11.4. The first kappa shape index (κ1) is 21.2. The molecular formula is C26H26N4O3S. The van der Waals surface area contributed by atoms with Crippen molar-refractivity contribution < 1.29 is 12.6 Å². The number of H-pyrrole nitrogens is 1. The van der Waals surface area contributed by atoms with Crippen molar-refractivity contribution in [2.24, 2.45) is 5.92 Å². The van der Waals surface area contributed by atoms with E-state index in [0.717, 1.165) is 53.4 Å². The van der Waals surface area contributed by atoms with Crippen molar-refractivity contribution in [1.82, 2.24) is 14.9 Å². The summed E-state index contributed by atoms with van der Waals surface area (Å²) >= 11 is 0. The average Bonchev–Trinajstić information content (AvgIpc) is 3.34. The van der Waals surface area contributed by atoms with E-state index in [1.165, 1.54) is 0 Å². The maximum Gasteiger partial charge on any atom is 0.339 e. The number of likely N-dealkylation sites (tertiary alicyclic amines) is 1. The number of nitrogens with one attached hydrogen (secondary N) is 1. The molecule has 0 bridgehead atoms. The molecule has 2 aromatic carbocycles. The number of hydrogen-bond donors (Lipinski definition) is 1. The van der Waals surface area contributed by atoms with Gasteiger partial charge in [0.25, 0.3) is 0 Å². The highest BCUT2D eigenvalue weighted by molar-refractivity contribution is 7.87. The molecule has 2 saturated heterocycles. The lowest BCUT2D eigenvalue weighted by molar-refractivity contribution is 0.361. The van der Waals surface area contributed by atoms with Crippen molar-refractivity contribution in [3.8, 4) is 16.9 Å². The SMILES string of the molecule is Cc1ccc(S(=O)(=O)Oc2c[nH]c3ccc(-c4cncc(N5C[C@@H]6CN(C)C[C@H]65)c4)cc23)cc1. The standard InChI is InChI=1S/C26H26N4O3S/c1-17-3-6-22(7-4-17)34(31,32)33-26-13-28-24-8-5-18(10-23(24)26)19-9-21(12-27-11-19)30-15-20-14-29(2)16-25(20)30/h3-13,20,25,28H,14-16H2,1-2H3/t20-,25+/m0/s1. The Morgan fingerprint density at radius 1 is 1.00 bits per heavy atom. The van der Waals surface area contributed by atoms with Gasteiger partial charge in [-0.2, -0.15) is 8.42 Å². The number of aromatic nitrogens is 2. The molecule has 34 heavy (non-hydrogen) atoms. The lowest BCUT2D eigenvalue weighted by atomic mass is 9.91. The molecule has 0 radical (unpaired) electrons. The second-order valence-corrected chi connectivity index (χ2v) is 10.9. The number of aromatic amines is 1. The third kappa shape index (κ3) is 3.63. The number of pyridine rings is 1. The molecule has 2 atom stereocenters. The van der Waals surface area contributed by atoms with Gasteiger partial charge < -0.3 is 19.0 Å². The summed E-state index contributed by atoms with van der Waals surface area (Å²) in [6.07, 6.45) is 5.36. The van der Waals surface area contributed by atoms with E-state index in [1.54, 1.807) is 30.5 Å². The fraction of sp³-hybridized carbons (Fsp3) is 0.269. The molecule has 0 spiro atoms. The van der Waals surface area contributed by atoms with Gasteiger partial charge in [-0.3, -0.25) is 4.98 Å². The quantitative estimate of drug-likeness (QED) is 0.440. The molecule has 2 aliphatic rings. The molecule has 4 aromatic rings. The number of hydrogen-bond acceptors (Lipinski definition) is 6. The number of aryl methyl sites for hydroxylation is 1. The molecule has 0 amide bonds. The van der Waals surface area contributed by atoms with Crippen molar-refractivity contribution in [2.45, 2.75) is 17.9 Å². The van der Waals surface area contributed by atoms with Gasteiger partial charge in [0, 0.05) is 60.5 Å². The average molecular weight is 475 g/mol. The van der Waals surface area contributed by atoms with E-state index >= 15 is 0 Å². The molecule has 0 aliphatic carbocycles. The minimum absolute atomic E-state index is 0.130. The normalized spacial score (nSPS) is 20.4. The molecule has 8 heteroatoms. The summed E-state index contributed by atoms with van der Waals surface area (Å²) < 4.78 is 31.2. The van der Waals surface area contributed by atoms with Crippen LogP contribution in [0.3, 0.4) is 0 Å². The van der Waals surface area contributed by atoms with E-state index in [-0.39, 0.29) is 10.6 Å². The Morgan fingerprint density at radius 2 is 1.82 bits per heavy atom. The van der Waals surface area contributed by atoms with Crippen molar-refractivity contribution in [3.05, 3.63) is 72.7 Å². The Kier molecular flexibility index (Phi) is 4.89. The van der Waals surface area contributed by atoms with Gasteiger partial charge in [0.05, 0.1) is 11.9 Å². The summed E-state index contributed by atoms with van der Waals surface area (Å²) in [6.45, 7) is 5.22. The third-order valence-corrected chi connectivity index (χ3v) is 8.21. The third-order valence-electron chi connectivity index (χ3n) is 6.96. The molecule has 4 heterocycles. The van der Waals surface area contributed by atoms with Gasteiger partial charge in [-0.05, 0) is 49.9 Å². The fourth-order valence-corrected chi connectivity index (χ4v) is 6.04. The van der Waals surface area contributed by atoms with Crippen LogP contribution in [-0.4, -0.2) is 56.0 Å². The Morgan fingerprint density at radius 3 is 2.62 bits per heavy atom. The number of likely N-dealkylation sites (N-methyl/N-ethyl adjacent to an activating group) is 1. The molecule has 174 valence electrons. The van der Waals surface area contributed by atoms with E-state index in [0.29, 0.717) is 11.4 Å². The maximum absolute atomic E-state index is 12.8. The Hall–Kier alpha value is -3.36.